The van der Waals surface area contributed by atoms with E-state index in [1.54, 1.807) is 6.07 Å². The van der Waals surface area contributed by atoms with E-state index in [0.29, 0.717) is 12.6 Å². The van der Waals surface area contributed by atoms with E-state index in [-0.39, 0.29) is 11.4 Å². The lowest BCUT2D eigenvalue weighted by atomic mass is 10.1. The second-order valence-electron chi connectivity index (χ2n) is 6.41. The van der Waals surface area contributed by atoms with Gasteiger partial charge in [0.15, 0.2) is 0 Å². The highest BCUT2D eigenvalue weighted by Crippen LogP contribution is 2.32. The highest BCUT2D eigenvalue weighted by molar-refractivity contribution is 5.49. The second-order valence-corrected chi connectivity index (χ2v) is 6.41. The summed E-state index contributed by atoms with van der Waals surface area (Å²) in [5.74, 6) is 0.597. The topological polar surface area (TPSA) is 28.2 Å². The maximum atomic E-state index is 13.5. The summed E-state index contributed by atoms with van der Waals surface area (Å²) in [7, 11) is 0. The van der Waals surface area contributed by atoms with Gasteiger partial charge in [-0.25, -0.2) is 9.37 Å². The third-order valence-electron chi connectivity index (χ3n) is 3.30. The van der Waals surface area contributed by atoms with Crippen LogP contribution in [0, 0.1) is 5.82 Å². The number of nitrogens with zero attached hydrogens (tertiary/aromatic N) is 2. The number of anilines is 1. The van der Waals surface area contributed by atoms with E-state index in [1.807, 2.05) is 6.08 Å². The molecule has 0 unspecified atom stereocenters. The van der Waals surface area contributed by atoms with E-state index in [0.717, 1.165) is 17.9 Å². The van der Waals surface area contributed by atoms with Crippen LogP contribution in [-0.2, 0) is 6.54 Å². The van der Waals surface area contributed by atoms with Crippen LogP contribution < -0.4 is 10.2 Å². The molecule has 2 rings (SSSR count). The molecule has 1 N–H and O–H groups in total. The highest BCUT2D eigenvalue weighted by atomic mass is 19.1. The predicted octanol–water partition coefficient (Wildman–Crippen LogP) is 3.26. The highest BCUT2D eigenvalue weighted by Gasteiger charge is 2.30. The van der Waals surface area contributed by atoms with Crippen molar-refractivity contribution >= 4 is 5.82 Å². The maximum absolute atomic E-state index is 13.5. The standard InChI is InChI=1S/C16H24FN3/c1-5-8-20(14-6-7-14)15-12(9-13(17)11-18-15)10-19-16(2,3)4/h5,9,11,14,19H,1,6-8,10H2,2-4H3. The van der Waals surface area contributed by atoms with Crippen molar-refractivity contribution in [3.8, 4) is 0 Å². The van der Waals surface area contributed by atoms with Crippen LogP contribution in [0.1, 0.15) is 39.2 Å². The van der Waals surface area contributed by atoms with Crippen molar-refractivity contribution < 1.29 is 4.39 Å². The molecule has 1 saturated carbocycles. The fraction of sp³-hybridized carbons (Fsp3) is 0.562. The quantitative estimate of drug-likeness (QED) is 0.809. The normalized spacial score (nSPS) is 15.2. The molecule has 20 heavy (non-hydrogen) atoms. The number of pyridine rings is 1. The van der Waals surface area contributed by atoms with Gasteiger partial charge in [0.05, 0.1) is 6.20 Å². The lowest BCUT2D eigenvalue weighted by Gasteiger charge is -2.26. The molecule has 0 amide bonds. The summed E-state index contributed by atoms with van der Waals surface area (Å²) >= 11 is 0. The molecule has 1 fully saturated rings. The van der Waals surface area contributed by atoms with E-state index >= 15 is 0 Å². The monoisotopic (exact) mass is 277 g/mol. The number of nitrogens with one attached hydrogen (secondary N) is 1. The Bertz CT molecular complexity index is 475. The summed E-state index contributed by atoms with van der Waals surface area (Å²) in [4.78, 5) is 6.55. The Morgan fingerprint density at radius 3 is 2.75 bits per heavy atom. The largest absolute Gasteiger partial charge is 0.350 e. The third-order valence-corrected chi connectivity index (χ3v) is 3.30. The van der Waals surface area contributed by atoms with Gasteiger partial charge in [-0.15, -0.1) is 6.58 Å². The van der Waals surface area contributed by atoms with Crippen LogP contribution in [0.15, 0.2) is 24.9 Å². The zero-order valence-corrected chi connectivity index (χ0v) is 12.6. The molecule has 110 valence electrons. The Balaban J connectivity index is 2.24. The maximum Gasteiger partial charge on any atom is 0.141 e. The first-order chi connectivity index (χ1) is 9.40. The van der Waals surface area contributed by atoms with Crippen LogP contribution in [0.3, 0.4) is 0 Å². The molecular formula is C16H24FN3. The molecule has 1 aliphatic rings. The van der Waals surface area contributed by atoms with Gasteiger partial charge in [-0.2, -0.15) is 0 Å². The fourth-order valence-corrected chi connectivity index (χ4v) is 2.16. The van der Waals surface area contributed by atoms with E-state index in [4.69, 9.17) is 0 Å². The first kappa shape index (κ1) is 15.0. The molecular weight excluding hydrogens is 253 g/mol. The SMILES string of the molecule is C=CCN(c1ncc(F)cc1CNC(C)(C)C)C1CC1. The molecule has 1 heterocycles. The molecule has 0 spiro atoms. The molecule has 3 nitrogen and oxygen atoms in total. The van der Waals surface area contributed by atoms with Crippen molar-refractivity contribution in [2.24, 2.45) is 0 Å². The van der Waals surface area contributed by atoms with Crippen LogP contribution in [0.5, 0.6) is 0 Å². The van der Waals surface area contributed by atoms with Crippen LogP contribution in [-0.4, -0.2) is 23.1 Å². The molecule has 0 aromatic carbocycles. The molecule has 0 bridgehead atoms. The lowest BCUT2D eigenvalue weighted by Crippen LogP contribution is -2.36. The van der Waals surface area contributed by atoms with Crippen LogP contribution in [0.4, 0.5) is 10.2 Å². The van der Waals surface area contributed by atoms with Crippen LogP contribution >= 0.6 is 0 Å². The molecule has 1 aliphatic carbocycles. The average Bonchev–Trinajstić information content (AvgIpc) is 3.17. The second kappa shape index (κ2) is 5.92. The molecule has 0 atom stereocenters. The molecule has 0 saturated heterocycles. The smallest absolute Gasteiger partial charge is 0.141 e. The van der Waals surface area contributed by atoms with Gasteiger partial charge in [0.1, 0.15) is 11.6 Å². The van der Waals surface area contributed by atoms with Gasteiger partial charge in [0.25, 0.3) is 0 Å². The minimum atomic E-state index is -0.284. The van der Waals surface area contributed by atoms with Crippen molar-refractivity contribution in [1.82, 2.24) is 10.3 Å². The van der Waals surface area contributed by atoms with Gasteiger partial charge in [-0.05, 0) is 39.7 Å². The summed E-state index contributed by atoms with van der Waals surface area (Å²) < 4.78 is 13.5. The Morgan fingerprint density at radius 2 is 2.20 bits per heavy atom. The average molecular weight is 277 g/mol. The zero-order valence-electron chi connectivity index (χ0n) is 12.6. The molecule has 1 aromatic rings. The Hall–Kier alpha value is -1.42. The summed E-state index contributed by atoms with van der Waals surface area (Å²) in [6.45, 7) is 11.5. The van der Waals surface area contributed by atoms with Gasteiger partial charge in [0, 0.05) is 30.2 Å². The number of aromatic nitrogens is 1. The summed E-state index contributed by atoms with van der Waals surface area (Å²) in [5, 5.41) is 3.40. The fourth-order valence-electron chi connectivity index (χ4n) is 2.16. The van der Waals surface area contributed by atoms with Gasteiger partial charge < -0.3 is 10.2 Å². The number of hydrogen-bond donors (Lipinski definition) is 1. The first-order valence-corrected chi connectivity index (χ1v) is 7.17. The van der Waals surface area contributed by atoms with Crippen molar-refractivity contribution in [3.63, 3.8) is 0 Å². The minimum absolute atomic E-state index is 0.00750. The van der Waals surface area contributed by atoms with Crippen molar-refractivity contribution in [1.29, 1.82) is 0 Å². The minimum Gasteiger partial charge on any atom is -0.350 e. The van der Waals surface area contributed by atoms with Crippen molar-refractivity contribution in [2.75, 3.05) is 11.4 Å². The van der Waals surface area contributed by atoms with Gasteiger partial charge in [-0.3, -0.25) is 0 Å². The summed E-state index contributed by atoms with van der Waals surface area (Å²) in [5.41, 5.74) is 0.903. The molecule has 0 aliphatic heterocycles. The Labute approximate surface area is 120 Å². The van der Waals surface area contributed by atoms with Crippen LogP contribution in [0.2, 0.25) is 0 Å². The Kier molecular flexibility index (Phi) is 4.43. The number of hydrogen-bond acceptors (Lipinski definition) is 3. The van der Waals surface area contributed by atoms with E-state index in [2.05, 4.69) is 42.6 Å². The van der Waals surface area contributed by atoms with Crippen LogP contribution in [0.25, 0.3) is 0 Å². The lowest BCUT2D eigenvalue weighted by molar-refractivity contribution is 0.423. The van der Waals surface area contributed by atoms with Crippen molar-refractivity contribution in [2.45, 2.75) is 51.7 Å². The Morgan fingerprint density at radius 1 is 1.50 bits per heavy atom. The van der Waals surface area contributed by atoms with E-state index in [9.17, 15) is 4.39 Å². The van der Waals surface area contributed by atoms with Gasteiger partial charge >= 0.3 is 0 Å². The summed E-state index contributed by atoms with van der Waals surface area (Å²) in [6, 6.07) is 2.11. The number of rotatable bonds is 6. The zero-order chi connectivity index (χ0) is 14.8. The van der Waals surface area contributed by atoms with Crippen molar-refractivity contribution in [3.05, 3.63) is 36.3 Å². The first-order valence-electron chi connectivity index (χ1n) is 7.17. The van der Waals surface area contributed by atoms with Gasteiger partial charge in [0.2, 0.25) is 0 Å². The third kappa shape index (κ3) is 4.04. The van der Waals surface area contributed by atoms with E-state index in [1.165, 1.54) is 19.0 Å². The molecule has 1 aromatic heterocycles. The van der Waals surface area contributed by atoms with Gasteiger partial charge in [-0.1, -0.05) is 6.08 Å². The molecule has 4 heteroatoms. The predicted molar refractivity (Wildman–Crippen MR) is 81.4 cm³/mol. The molecule has 0 radical (unpaired) electrons. The summed E-state index contributed by atoms with van der Waals surface area (Å²) in [6.07, 6.45) is 5.54. The number of halogens is 1. The van der Waals surface area contributed by atoms with E-state index < -0.39 is 0 Å².